The zero-order chi connectivity index (χ0) is 35.3. The third kappa shape index (κ3) is 5.18. The van der Waals surface area contributed by atoms with Gasteiger partial charge in [0.15, 0.2) is 0 Å². The van der Waals surface area contributed by atoms with Gasteiger partial charge in [0.2, 0.25) is 0 Å². The predicted octanol–water partition coefficient (Wildman–Crippen LogP) is 8.35. The number of hydrogen-bond donors (Lipinski definition) is 2. The van der Waals surface area contributed by atoms with Gasteiger partial charge in [-0.2, -0.15) is 5.26 Å². The van der Waals surface area contributed by atoms with E-state index >= 15 is 0 Å². The summed E-state index contributed by atoms with van der Waals surface area (Å²) in [5, 5.41) is 29.1. The number of rotatable bonds is 6. The van der Waals surface area contributed by atoms with Gasteiger partial charge in [-0.25, -0.2) is 9.64 Å². The highest BCUT2D eigenvalue weighted by Crippen LogP contribution is 2.64. The summed E-state index contributed by atoms with van der Waals surface area (Å²) in [5.74, 6) is -2.56. The minimum Gasteiger partial charge on any atom is -0.486 e. The highest BCUT2D eigenvalue weighted by Gasteiger charge is 2.52. The maximum absolute atomic E-state index is 11.9. The molecule has 0 amide bonds. The summed E-state index contributed by atoms with van der Waals surface area (Å²) >= 11 is 0. The van der Waals surface area contributed by atoms with Crippen LogP contribution < -0.4 is 9.80 Å². The lowest BCUT2D eigenvalue weighted by atomic mass is 9.70. The number of hydrogen-bond acceptors (Lipinski definition) is 5. The van der Waals surface area contributed by atoms with E-state index in [9.17, 15) is 25.1 Å². The topological polar surface area (TPSA) is 109 Å². The number of nitrogens with zero attached hydrogens (tertiary/aromatic N) is 4. The fourth-order valence-corrected chi connectivity index (χ4v) is 8.72. The summed E-state index contributed by atoms with van der Waals surface area (Å²) in [5.41, 5.74) is 10.4. The van der Waals surface area contributed by atoms with Crippen LogP contribution in [0.5, 0.6) is 0 Å². The smallest absolute Gasteiger partial charge is 0.346 e. The van der Waals surface area contributed by atoms with Crippen LogP contribution in [0.2, 0.25) is 0 Å². The molecule has 2 aliphatic carbocycles. The molecule has 0 bridgehead atoms. The molecule has 2 fully saturated rings. The lowest BCUT2D eigenvalue weighted by molar-refractivity contribution is -0.133. The van der Waals surface area contributed by atoms with Crippen molar-refractivity contribution in [1.82, 2.24) is 0 Å². The molecule has 51 heavy (non-hydrogen) atoms. The van der Waals surface area contributed by atoms with Gasteiger partial charge in [-0.15, -0.1) is 0 Å². The van der Waals surface area contributed by atoms with Gasteiger partial charge >= 0.3 is 11.9 Å². The Kier molecular flexibility index (Phi) is 7.96. The lowest BCUT2D eigenvalue weighted by Crippen LogP contribution is -2.31. The van der Waals surface area contributed by atoms with E-state index in [1.807, 2.05) is 42.5 Å². The van der Waals surface area contributed by atoms with Crippen molar-refractivity contribution < 1.29 is 19.8 Å². The summed E-state index contributed by atoms with van der Waals surface area (Å²) in [6.45, 7) is 11.4. The van der Waals surface area contributed by atoms with Gasteiger partial charge < -0.3 is 20.0 Å². The fourth-order valence-electron chi connectivity index (χ4n) is 8.72. The molecule has 2 N–H and O–H groups in total. The third-order valence-electron chi connectivity index (χ3n) is 11.0. The molecule has 4 aliphatic rings. The quantitative estimate of drug-likeness (QED) is 0.104. The molecule has 8 heteroatoms. The highest BCUT2D eigenvalue weighted by atomic mass is 16.4. The molecule has 0 aromatic heterocycles. The van der Waals surface area contributed by atoms with E-state index in [-0.39, 0.29) is 11.3 Å². The van der Waals surface area contributed by atoms with Gasteiger partial charge in [0.25, 0.3) is 5.70 Å². The van der Waals surface area contributed by atoms with Crippen LogP contribution in [0.4, 0.5) is 11.4 Å². The predicted molar refractivity (Wildman–Crippen MR) is 198 cm³/mol. The van der Waals surface area contributed by atoms with Crippen molar-refractivity contribution in [3.05, 3.63) is 129 Å². The number of fused-ring (bicyclic) bond motifs is 10. The van der Waals surface area contributed by atoms with Gasteiger partial charge in [-0.05, 0) is 137 Å². The normalized spacial score (nSPS) is 19.1. The van der Waals surface area contributed by atoms with Crippen molar-refractivity contribution in [1.29, 1.82) is 5.26 Å². The Morgan fingerprint density at radius 1 is 0.647 bits per heavy atom. The monoisotopic (exact) mass is 672 g/mol. The van der Waals surface area contributed by atoms with Crippen molar-refractivity contribution in [2.75, 3.05) is 36.0 Å². The fraction of sp³-hybridized carbons (Fsp3) is 0.256. The first-order chi connectivity index (χ1) is 24.8. The van der Waals surface area contributed by atoms with Gasteiger partial charge in [-0.1, -0.05) is 42.5 Å². The molecule has 2 heterocycles. The summed E-state index contributed by atoms with van der Waals surface area (Å²) in [7, 11) is 0. The average Bonchev–Trinajstić information content (AvgIpc) is 3.62. The summed E-state index contributed by atoms with van der Waals surface area (Å²) in [6.07, 6.45) is 9.83. The Hall–Kier alpha value is -6.12. The van der Waals surface area contributed by atoms with Gasteiger partial charge in [0.1, 0.15) is 11.6 Å². The molecule has 1 spiro atoms. The van der Waals surface area contributed by atoms with Crippen molar-refractivity contribution in [2.45, 2.75) is 43.9 Å². The van der Waals surface area contributed by atoms with Crippen LogP contribution in [0.25, 0.3) is 39.3 Å². The minimum absolute atomic E-state index is 0.348. The molecule has 1 unspecified atom stereocenters. The average molecular weight is 673 g/mol. The third-order valence-corrected chi connectivity index (χ3v) is 11.0. The van der Waals surface area contributed by atoms with Crippen LogP contribution in [0.1, 0.15) is 71.9 Å². The maximum atomic E-state index is 11.9. The Morgan fingerprint density at radius 3 is 1.49 bits per heavy atom. The van der Waals surface area contributed by atoms with Crippen molar-refractivity contribution in [3.63, 3.8) is 0 Å². The van der Waals surface area contributed by atoms with Crippen LogP contribution >= 0.6 is 0 Å². The zero-order valence-electron chi connectivity index (χ0n) is 28.2. The Balaban J connectivity index is 1.46. The van der Waals surface area contributed by atoms with Crippen LogP contribution in [0.15, 0.2) is 84.1 Å². The van der Waals surface area contributed by atoms with Crippen LogP contribution in [0, 0.1) is 17.9 Å². The molecule has 4 aromatic rings. The molecular weight excluding hydrogens is 636 g/mol. The molecule has 1 atom stereocenters. The molecule has 0 saturated carbocycles. The molecule has 0 radical (unpaired) electrons. The second-order valence-corrected chi connectivity index (χ2v) is 13.8. The standard InChI is InChI=1S/C43H36N4O4/c1-45-40(42(50)51)23-28-9-13-33-35-15-11-31(47-18-6-3-7-19-47)25-39(35)43(37(33)22-28)36-21-27(20-29(26-44)41(48)49)8-12-32(36)34-14-10-30(24-38(34)43)46-16-4-2-5-17-46/h8-15,20-25H,2-7,16-19H2,(H,48,49)(H,50,51)/b29-20+,40-23-. The van der Waals surface area contributed by atoms with E-state index in [2.05, 4.69) is 51.0 Å². The van der Waals surface area contributed by atoms with Crippen LogP contribution in [-0.4, -0.2) is 48.3 Å². The first-order valence-electron chi connectivity index (χ1n) is 17.6. The van der Waals surface area contributed by atoms with E-state index in [0.29, 0.717) is 11.1 Å². The number of aliphatic carboxylic acids is 2. The zero-order valence-corrected chi connectivity index (χ0v) is 28.2. The summed E-state index contributed by atoms with van der Waals surface area (Å²) < 4.78 is 0. The Labute approximate surface area is 297 Å². The largest absolute Gasteiger partial charge is 0.486 e. The number of benzene rings is 4. The molecular formula is C43H36N4O4. The van der Waals surface area contributed by atoms with E-state index < -0.39 is 17.4 Å². The molecule has 8 nitrogen and oxygen atoms in total. The lowest BCUT2D eigenvalue weighted by Gasteiger charge is -2.34. The number of carboxylic acids is 2. The van der Waals surface area contributed by atoms with Gasteiger partial charge in [0.05, 0.1) is 12.0 Å². The van der Waals surface area contributed by atoms with Crippen molar-refractivity contribution in [3.8, 4) is 28.3 Å². The number of piperidine rings is 2. The van der Waals surface area contributed by atoms with Gasteiger partial charge in [-0.3, -0.25) is 4.79 Å². The number of nitriles is 1. The molecule has 8 rings (SSSR count). The Bertz CT molecular complexity index is 2120. The maximum Gasteiger partial charge on any atom is 0.346 e. The van der Waals surface area contributed by atoms with Crippen LogP contribution in [-0.2, 0) is 15.0 Å². The molecule has 2 saturated heterocycles. The SMILES string of the molecule is [C-]#[N+]/C(=C\c1ccc2c(c1)C1(c3cc(/C=C(\C#N)C(=O)O)ccc3-c3ccc(N4CCCCC4)cc31)c1cc(N3CCCCC3)ccc1-2)C(=O)O. The second-order valence-electron chi connectivity index (χ2n) is 13.8. The minimum atomic E-state index is -1.28. The highest BCUT2D eigenvalue weighted by molar-refractivity contribution is 6.00. The summed E-state index contributed by atoms with van der Waals surface area (Å²) in [6, 6.07) is 27.2. The van der Waals surface area contributed by atoms with Crippen molar-refractivity contribution >= 4 is 35.5 Å². The number of carbonyl (C=O) groups is 2. The van der Waals surface area contributed by atoms with Crippen LogP contribution in [0.3, 0.4) is 0 Å². The first-order valence-corrected chi connectivity index (χ1v) is 17.6. The number of carboxylic acid groups (broad SMARTS) is 2. The van der Waals surface area contributed by atoms with E-state index in [1.165, 1.54) is 25.0 Å². The first kappa shape index (κ1) is 32.1. The van der Waals surface area contributed by atoms with E-state index in [1.54, 1.807) is 0 Å². The second kappa shape index (κ2) is 12.6. The van der Waals surface area contributed by atoms with E-state index in [0.717, 1.165) is 108 Å². The van der Waals surface area contributed by atoms with E-state index in [4.69, 9.17) is 6.57 Å². The van der Waals surface area contributed by atoms with Crippen molar-refractivity contribution in [2.24, 2.45) is 0 Å². The Morgan fingerprint density at radius 2 is 1.08 bits per heavy atom. The summed E-state index contributed by atoms with van der Waals surface area (Å²) in [4.78, 5) is 32.1. The molecule has 2 aliphatic heterocycles. The number of anilines is 2. The van der Waals surface area contributed by atoms with Gasteiger partial charge in [0, 0.05) is 37.6 Å². The molecule has 4 aromatic carbocycles. The molecule has 252 valence electrons.